The second-order valence-corrected chi connectivity index (χ2v) is 3.90. The molecular weight excluding hydrogens is 196 g/mol. The van der Waals surface area contributed by atoms with E-state index in [1.165, 1.54) is 5.37 Å². The molecule has 0 unspecified atom stereocenters. The highest BCUT2D eigenvalue weighted by Crippen LogP contribution is 1.90. The van der Waals surface area contributed by atoms with Gasteiger partial charge in [0.2, 0.25) is 0 Å². The molecule has 0 aromatic rings. The Kier molecular flexibility index (Phi) is 9.07. The number of hydrogen-bond acceptors (Lipinski definition) is 4. The molecule has 0 bridgehead atoms. The summed E-state index contributed by atoms with van der Waals surface area (Å²) in [6.07, 6.45) is 0. The van der Waals surface area contributed by atoms with Crippen LogP contribution in [0.1, 0.15) is 13.8 Å². The van der Waals surface area contributed by atoms with E-state index in [2.05, 4.69) is 0 Å². The molecule has 0 heterocycles. The van der Waals surface area contributed by atoms with Crippen molar-refractivity contribution in [3.8, 4) is 0 Å². The van der Waals surface area contributed by atoms with Crippen LogP contribution in [0, 0.1) is 0 Å². The Morgan fingerprint density at radius 3 is 2.25 bits per heavy atom. The van der Waals surface area contributed by atoms with Crippen LogP contribution in [0.4, 0.5) is 0 Å². The first-order valence-electron chi connectivity index (χ1n) is 3.80. The second kappa shape index (κ2) is 9.08. The van der Waals surface area contributed by atoms with E-state index < -0.39 is 9.53 Å². The summed E-state index contributed by atoms with van der Waals surface area (Å²) in [5.74, 6) is 0. The highest BCUT2D eigenvalue weighted by atomic mass is 32.1. The largest absolute Gasteiger partial charge is 0.484 e. The fourth-order valence-corrected chi connectivity index (χ4v) is 1.92. The topological polar surface area (TPSA) is 44.8 Å². The first-order valence-corrected chi connectivity index (χ1v) is 6.02. The number of rotatable bonds is 7. The molecule has 0 saturated heterocycles. The SMILES string of the molecule is CCO[SiH](OCC)OCC=S=O. The maximum atomic E-state index is 9.94. The quantitative estimate of drug-likeness (QED) is 0.431. The second-order valence-electron chi connectivity index (χ2n) is 1.80. The van der Waals surface area contributed by atoms with E-state index in [0.717, 1.165) is 0 Å². The summed E-state index contributed by atoms with van der Waals surface area (Å²) >= 11 is 0.391. The van der Waals surface area contributed by atoms with Crippen molar-refractivity contribution >= 4 is 26.2 Å². The van der Waals surface area contributed by atoms with Crippen LogP contribution in [0.15, 0.2) is 0 Å². The van der Waals surface area contributed by atoms with Gasteiger partial charge >= 0.3 is 9.53 Å². The Balaban J connectivity index is 3.54. The van der Waals surface area contributed by atoms with Crippen molar-refractivity contribution < 1.29 is 17.5 Å². The van der Waals surface area contributed by atoms with Crippen LogP contribution in [0.25, 0.3) is 0 Å². The third-order valence-electron chi connectivity index (χ3n) is 0.974. The van der Waals surface area contributed by atoms with Crippen LogP contribution in [0.5, 0.6) is 0 Å². The van der Waals surface area contributed by atoms with Crippen molar-refractivity contribution in [3.63, 3.8) is 0 Å². The minimum atomic E-state index is -1.95. The Morgan fingerprint density at radius 1 is 1.25 bits per heavy atom. The van der Waals surface area contributed by atoms with Crippen molar-refractivity contribution in [2.45, 2.75) is 13.8 Å². The van der Waals surface area contributed by atoms with Gasteiger partial charge in [0, 0.05) is 18.6 Å². The molecule has 12 heavy (non-hydrogen) atoms. The maximum absolute atomic E-state index is 9.94. The molecule has 0 aliphatic carbocycles. The summed E-state index contributed by atoms with van der Waals surface area (Å²) in [4.78, 5) is 0. The summed E-state index contributed by atoms with van der Waals surface area (Å²) < 4.78 is 25.5. The highest BCUT2D eigenvalue weighted by molar-refractivity contribution is 7.64. The first-order chi connectivity index (χ1) is 5.85. The molecule has 4 nitrogen and oxygen atoms in total. The van der Waals surface area contributed by atoms with Crippen LogP contribution < -0.4 is 0 Å². The summed E-state index contributed by atoms with van der Waals surface area (Å²) in [5, 5.41) is 1.43. The Labute approximate surface area is 77.9 Å². The van der Waals surface area contributed by atoms with Crippen molar-refractivity contribution in [1.82, 2.24) is 0 Å². The minimum absolute atomic E-state index is 0.297. The predicted molar refractivity (Wildman–Crippen MR) is 50.6 cm³/mol. The lowest BCUT2D eigenvalue weighted by Crippen LogP contribution is -2.27. The molecule has 0 atom stereocenters. The Morgan fingerprint density at radius 2 is 1.83 bits per heavy atom. The normalized spacial score (nSPS) is 10.2. The van der Waals surface area contributed by atoms with Gasteiger partial charge in [-0.1, -0.05) is 0 Å². The average Bonchev–Trinajstić information content (AvgIpc) is 2.06. The summed E-state index contributed by atoms with van der Waals surface area (Å²) in [6, 6.07) is 0. The summed E-state index contributed by atoms with van der Waals surface area (Å²) in [6.45, 7) is 5.23. The van der Waals surface area contributed by atoms with E-state index in [0.29, 0.717) is 31.1 Å². The predicted octanol–water partition coefficient (Wildman–Crippen LogP) is -0.192. The molecular formula is C6H14O4SSi. The molecule has 0 aromatic heterocycles. The molecule has 0 rings (SSSR count). The fraction of sp³-hybridized carbons (Fsp3) is 0.833. The molecule has 0 radical (unpaired) electrons. The monoisotopic (exact) mass is 210 g/mol. The van der Waals surface area contributed by atoms with E-state index in [1.54, 1.807) is 0 Å². The van der Waals surface area contributed by atoms with Gasteiger partial charge in [-0.2, -0.15) is 0 Å². The highest BCUT2D eigenvalue weighted by Gasteiger charge is 2.11. The fourth-order valence-electron chi connectivity index (χ4n) is 0.562. The smallest absolute Gasteiger partial charge is 0.376 e. The van der Waals surface area contributed by atoms with Gasteiger partial charge in [-0.05, 0) is 13.8 Å². The van der Waals surface area contributed by atoms with Gasteiger partial charge in [0.15, 0.2) is 0 Å². The molecule has 6 heteroatoms. The van der Waals surface area contributed by atoms with E-state index in [4.69, 9.17) is 13.3 Å². The molecule has 72 valence electrons. The van der Waals surface area contributed by atoms with E-state index >= 15 is 0 Å². The van der Waals surface area contributed by atoms with Crippen molar-refractivity contribution in [1.29, 1.82) is 0 Å². The van der Waals surface area contributed by atoms with Crippen LogP contribution in [0.3, 0.4) is 0 Å². The lowest BCUT2D eigenvalue weighted by Gasteiger charge is -2.12. The molecule has 0 saturated carbocycles. The van der Waals surface area contributed by atoms with E-state index in [9.17, 15) is 4.21 Å². The van der Waals surface area contributed by atoms with Gasteiger partial charge in [0.25, 0.3) is 0 Å². The molecule has 0 N–H and O–H groups in total. The summed E-state index contributed by atoms with van der Waals surface area (Å²) in [5.41, 5.74) is 0. The first kappa shape index (κ1) is 12.0. The molecule has 0 aliphatic heterocycles. The zero-order chi connectivity index (χ0) is 9.23. The average molecular weight is 210 g/mol. The number of hydrogen-bond donors (Lipinski definition) is 0. The lowest BCUT2D eigenvalue weighted by molar-refractivity contribution is 0.116. The molecule has 0 spiro atoms. The third kappa shape index (κ3) is 6.68. The van der Waals surface area contributed by atoms with Gasteiger partial charge < -0.3 is 13.3 Å². The van der Waals surface area contributed by atoms with Gasteiger partial charge in [0.05, 0.1) is 17.9 Å². The van der Waals surface area contributed by atoms with Crippen LogP contribution >= 0.6 is 0 Å². The minimum Gasteiger partial charge on any atom is -0.376 e. The Bertz CT molecular complexity index is 142. The van der Waals surface area contributed by atoms with Crippen molar-refractivity contribution in [3.05, 3.63) is 0 Å². The Hall–Kier alpha value is -0.0131. The zero-order valence-electron chi connectivity index (χ0n) is 7.32. The van der Waals surface area contributed by atoms with Gasteiger partial charge in [-0.15, -0.1) is 0 Å². The van der Waals surface area contributed by atoms with Gasteiger partial charge in [-0.3, -0.25) is 0 Å². The van der Waals surface area contributed by atoms with Crippen LogP contribution in [-0.4, -0.2) is 38.9 Å². The molecule has 0 amide bonds. The third-order valence-corrected chi connectivity index (χ3v) is 2.92. The van der Waals surface area contributed by atoms with E-state index in [-0.39, 0.29) is 0 Å². The molecule has 0 aliphatic rings. The van der Waals surface area contributed by atoms with Crippen LogP contribution in [0.2, 0.25) is 0 Å². The van der Waals surface area contributed by atoms with Crippen LogP contribution in [-0.2, 0) is 24.5 Å². The lowest BCUT2D eigenvalue weighted by atomic mass is 10.9. The molecule has 0 fully saturated rings. The molecule has 0 aromatic carbocycles. The van der Waals surface area contributed by atoms with Crippen molar-refractivity contribution in [2.24, 2.45) is 0 Å². The van der Waals surface area contributed by atoms with E-state index in [1.807, 2.05) is 13.8 Å². The summed E-state index contributed by atoms with van der Waals surface area (Å²) in [7, 11) is -1.95. The van der Waals surface area contributed by atoms with Crippen molar-refractivity contribution in [2.75, 3.05) is 19.8 Å². The van der Waals surface area contributed by atoms with Gasteiger partial charge in [0.1, 0.15) is 0 Å². The zero-order valence-corrected chi connectivity index (χ0v) is 9.29. The van der Waals surface area contributed by atoms with Gasteiger partial charge in [-0.25, -0.2) is 4.21 Å². The standard InChI is InChI=1S/C6H14O4SSi/c1-3-8-12(9-4-2)10-5-6-11-7/h6,12H,3-5H2,1-2H3. The maximum Gasteiger partial charge on any atom is 0.484 e.